The Balaban J connectivity index is 2.00. The Labute approximate surface area is 168 Å². The van der Waals surface area contributed by atoms with Crippen LogP contribution in [0.25, 0.3) is 0 Å². The SMILES string of the molecule is CC(C)C(C(=O)OCc1cccc(Oc2cccs2)c1)C(C)C=C(Cl)Cl. The quantitative estimate of drug-likeness (QED) is 0.446. The first kappa shape index (κ1) is 20.8. The van der Waals surface area contributed by atoms with E-state index in [9.17, 15) is 4.79 Å². The number of hydrogen-bond donors (Lipinski definition) is 0. The van der Waals surface area contributed by atoms with Gasteiger partial charge in [-0.3, -0.25) is 4.79 Å². The number of ether oxygens (including phenoxy) is 2. The molecule has 0 bridgehead atoms. The first-order valence-electron chi connectivity index (χ1n) is 8.36. The molecule has 2 rings (SSSR count). The van der Waals surface area contributed by atoms with Crippen molar-refractivity contribution in [2.75, 3.05) is 0 Å². The van der Waals surface area contributed by atoms with Crippen LogP contribution in [0.4, 0.5) is 0 Å². The zero-order valence-corrected chi connectivity index (χ0v) is 17.3. The molecule has 0 radical (unpaired) electrons. The number of allylic oxidation sites excluding steroid dienone is 1. The molecule has 1 heterocycles. The molecule has 6 heteroatoms. The minimum atomic E-state index is -0.312. The number of carbonyl (C=O) groups is 1. The lowest BCUT2D eigenvalue weighted by Crippen LogP contribution is -2.28. The number of benzene rings is 1. The number of carbonyl (C=O) groups excluding carboxylic acids is 1. The lowest BCUT2D eigenvalue weighted by Gasteiger charge is -2.23. The zero-order chi connectivity index (χ0) is 19.1. The Morgan fingerprint density at radius 2 is 1.96 bits per heavy atom. The fraction of sp³-hybridized carbons (Fsp3) is 0.350. The highest BCUT2D eigenvalue weighted by atomic mass is 35.5. The van der Waals surface area contributed by atoms with Gasteiger partial charge in [0, 0.05) is 0 Å². The summed E-state index contributed by atoms with van der Waals surface area (Å²) in [4.78, 5) is 12.6. The molecule has 0 N–H and O–H groups in total. The van der Waals surface area contributed by atoms with Crippen LogP contribution < -0.4 is 4.74 Å². The molecule has 2 atom stereocenters. The zero-order valence-electron chi connectivity index (χ0n) is 14.9. The third-order valence-electron chi connectivity index (χ3n) is 3.94. The maximum atomic E-state index is 12.6. The van der Waals surface area contributed by atoms with Crippen molar-refractivity contribution in [3.05, 3.63) is 57.9 Å². The molecular formula is C20H22Cl2O3S. The molecule has 0 saturated heterocycles. The first-order valence-corrected chi connectivity index (χ1v) is 10.00. The fourth-order valence-electron chi connectivity index (χ4n) is 2.78. The maximum Gasteiger partial charge on any atom is 0.310 e. The minimum absolute atomic E-state index is 0.106. The number of thiophene rings is 1. The lowest BCUT2D eigenvalue weighted by atomic mass is 9.84. The molecule has 3 nitrogen and oxygen atoms in total. The minimum Gasteiger partial charge on any atom is -0.461 e. The molecular weight excluding hydrogens is 391 g/mol. The fourth-order valence-corrected chi connectivity index (χ4v) is 3.77. The van der Waals surface area contributed by atoms with Gasteiger partial charge in [0.1, 0.15) is 16.8 Å². The number of esters is 1. The molecule has 140 valence electrons. The molecule has 0 spiro atoms. The normalized spacial score (nSPS) is 13.2. The van der Waals surface area contributed by atoms with Gasteiger partial charge < -0.3 is 9.47 Å². The Bertz CT molecular complexity index is 737. The molecule has 2 unspecified atom stereocenters. The van der Waals surface area contributed by atoms with E-state index in [1.54, 1.807) is 6.08 Å². The van der Waals surface area contributed by atoms with E-state index in [1.165, 1.54) is 11.3 Å². The van der Waals surface area contributed by atoms with Crippen molar-refractivity contribution in [2.45, 2.75) is 27.4 Å². The molecule has 0 aliphatic rings. The van der Waals surface area contributed by atoms with Crippen LogP contribution in [0.5, 0.6) is 10.8 Å². The molecule has 1 aromatic heterocycles. The van der Waals surface area contributed by atoms with Crippen molar-refractivity contribution >= 4 is 40.5 Å². The summed E-state index contributed by atoms with van der Waals surface area (Å²) >= 11 is 13.0. The third-order valence-corrected chi connectivity index (χ3v) is 4.94. The van der Waals surface area contributed by atoms with Gasteiger partial charge in [0.15, 0.2) is 5.06 Å². The van der Waals surface area contributed by atoms with Gasteiger partial charge in [-0.1, -0.05) is 62.2 Å². The summed E-state index contributed by atoms with van der Waals surface area (Å²) in [5.41, 5.74) is 0.869. The van der Waals surface area contributed by atoms with Crippen LogP contribution in [-0.4, -0.2) is 5.97 Å². The van der Waals surface area contributed by atoms with Gasteiger partial charge in [0.25, 0.3) is 0 Å². The van der Waals surface area contributed by atoms with Crippen molar-refractivity contribution in [1.82, 2.24) is 0 Å². The number of hydrogen-bond acceptors (Lipinski definition) is 4. The molecule has 0 amide bonds. The van der Waals surface area contributed by atoms with Crippen LogP contribution in [0.2, 0.25) is 0 Å². The van der Waals surface area contributed by atoms with Gasteiger partial charge in [-0.05, 0) is 47.0 Å². The van der Waals surface area contributed by atoms with E-state index in [0.717, 1.165) is 10.6 Å². The molecule has 0 aliphatic carbocycles. The molecule has 0 aliphatic heterocycles. The molecule has 26 heavy (non-hydrogen) atoms. The first-order chi connectivity index (χ1) is 12.4. The molecule has 0 saturated carbocycles. The summed E-state index contributed by atoms with van der Waals surface area (Å²) in [5, 5.41) is 2.77. The Morgan fingerprint density at radius 1 is 1.19 bits per heavy atom. The highest BCUT2D eigenvalue weighted by molar-refractivity contribution is 7.11. The van der Waals surface area contributed by atoms with Crippen molar-refractivity contribution in [3.63, 3.8) is 0 Å². The lowest BCUT2D eigenvalue weighted by molar-refractivity contribution is -0.152. The smallest absolute Gasteiger partial charge is 0.310 e. The monoisotopic (exact) mass is 412 g/mol. The molecule has 2 aromatic rings. The van der Waals surface area contributed by atoms with Crippen molar-refractivity contribution < 1.29 is 14.3 Å². The topological polar surface area (TPSA) is 35.5 Å². The van der Waals surface area contributed by atoms with Crippen LogP contribution in [0, 0.1) is 17.8 Å². The Hall–Kier alpha value is -1.49. The van der Waals surface area contributed by atoms with Crippen molar-refractivity contribution in [2.24, 2.45) is 17.8 Å². The van der Waals surface area contributed by atoms with Crippen molar-refractivity contribution in [3.8, 4) is 10.8 Å². The van der Waals surface area contributed by atoms with Gasteiger partial charge >= 0.3 is 5.97 Å². The summed E-state index contributed by atoms with van der Waals surface area (Å²) < 4.78 is 11.5. The Morgan fingerprint density at radius 3 is 2.58 bits per heavy atom. The van der Waals surface area contributed by atoms with Crippen LogP contribution in [0.3, 0.4) is 0 Å². The summed E-state index contributed by atoms with van der Waals surface area (Å²) in [6.45, 7) is 6.06. The second kappa shape index (κ2) is 10.0. The van der Waals surface area contributed by atoms with Gasteiger partial charge in [-0.2, -0.15) is 0 Å². The predicted octanol–water partition coefficient (Wildman–Crippen LogP) is 6.81. The second-order valence-corrected chi connectivity index (χ2v) is 8.29. The van der Waals surface area contributed by atoms with Crippen LogP contribution in [-0.2, 0) is 16.1 Å². The van der Waals surface area contributed by atoms with Gasteiger partial charge in [0.2, 0.25) is 0 Å². The number of halogens is 2. The Kier molecular flexibility index (Phi) is 8.01. The third kappa shape index (κ3) is 6.35. The van der Waals surface area contributed by atoms with E-state index in [-0.39, 0.29) is 34.8 Å². The average Bonchev–Trinajstić information content (AvgIpc) is 3.05. The largest absolute Gasteiger partial charge is 0.461 e. The van der Waals surface area contributed by atoms with Gasteiger partial charge in [0.05, 0.1) is 5.92 Å². The van der Waals surface area contributed by atoms with E-state index in [0.29, 0.717) is 5.75 Å². The molecule has 1 aromatic carbocycles. The van der Waals surface area contributed by atoms with Crippen LogP contribution in [0.1, 0.15) is 26.3 Å². The van der Waals surface area contributed by atoms with E-state index in [4.69, 9.17) is 32.7 Å². The van der Waals surface area contributed by atoms with E-state index in [2.05, 4.69) is 0 Å². The second-order valence-electron chi connectivity index (χ2n) is 6.37. The molecule has 0 fully saturated rings. The van der Waals surface area contributed by atoms with E-state index >= 15 is 0 Å². The van der Waals surface area contributed by atoms with E-state index < -0.39 is 0 Å². The van der Waals surface area contributed by atoms with Gasteiger partial charge in [-0.25, -0.2) is 0 Å². The predicted molar refractivity (Wildman–Crippen MR) is 108 cm³/mol. The average molecular weight is 413 g/mol. The van der Waals surface area contributed by atoms with Crippen molar-refractivity contribution in [1.29, 1.82) is 0 Å². The highest BCUT2D eigenvalue weighted by Crippen LogP contribution is 2.28. The highest BCUT2D eigenvalue weighted by Gasteiger charge is 2.28. The summed E-state index contributed by atoms with van der Waals surface area (Å²) in [5.74, 6) is 0.138. The standard InChI is InChI=1S/C20H22Cl2O3S/c1-13(2)19(14(3)10-17(21)22)20(23)24-12-15-6-4-7-16(11-15)25-18-8-5-9-26-18/h4-11,13-14,19H,12H2,1-3H3. The summed E-state index contributed by atoms with van der Waals surface area (Å²) in [7, 11) is 0. The van der Waals surface area contributed by atoms with Gasteiger partial charge in [-0.15, -0.1) is 11.3 Å². The summed E-state index contributed by atoms with van der Waals surface area (Å²) in [6, 6.07) is 11.4. The van der Waals surface area contributed by atoms with Crippen LogP contribution >= 0.6 is 34.5 Å². The maximum absolute atomic E-state index is 12.6. The van der Waals surface area contributed by atoms with E-state index in [1.807, 2.05) is 62.5 Å². The number of rotatable bonds is 8. The summed E-state index contributed by atoms with van der Waals surface area (Å²) in [6.07, 6.45) is 1.67. The van der Waals surface area contributed by atoms with Crippen LogP contribution in [0.15, 0.2) is 52.3 Å².